The predicted octanol–water partition coefficient (Wildman–Crippen LogP) is 1.77. The summed E-state index contributed by atoms with van der Waals surface area (Å²) >= 11 is 0. The third-order valence-electron chi connectivity index (χ3n) is 2.03. The Balaban J connectivity index is 2.72. The van der Waals surface area contributed by atoms with Crippen molar-refractivity contribution in [2.45, 2.75) is 19.9 Å². The molecule has 88 valence electrons. The highest BCUT2D eigenvalue weighted by atomic mass is 19.1. The molecule has 4 nitrogen and oxygen atoms in total. The number of hydrogen-bond acceptors (Lipinski definition) is 4. The monoisotopic (exact) mass is 226 g/mol. The van der Waals surface area contributed by atoms with Crippen molar-refractivity contribution < 1.29 is 13.9 Å². The van der Waals surface area contributed by atoms with E-state index >= 15 is 0 Å². The first-order chi connectivity index (χ1) is 7.54. The van der Waals surface area contributed by atoms with Gasteiger partial charge in [0.1, 0.15) is 11.9 Å². The molecule has 16 heavy (non-hydrogen) atoms. The van der Waals surface area contributed by atoms with Crippen LogP contribution < -0.4 is 11.1 Å². The number of nitrogen functional groups attached to an aromatic ring is 1. The maximum absolute atomic E-state index is 12.9. The van der Waals surface area contributed by atoms with Gasteiger partial charge in [-0.25, -0.2) is 9.18 Å². The van der Waals surface area contributed by atoms with Crippen molar-refractivity contribution in [3.05, 3.63) is 24.0 Å². The summed E-state index contributed by atoms with van der Waals surface area (Å²) in [6, 6.07) is 3.37. The van der Waals surface area contributed by atoms with E-state index in [1.165, 1.54) is 18.2 Å². The molecule has 0 bridgehead atoms. The molecule has 0 heterocycles. The Hall–Kier alpha value is -1.78. The number of nitrogens with one attached hydrogen (secondary N) is 1. The Morgan fingerprint density at radius 3 is 2.94 bits per heavy atom. The van der Waals surface area contributed by atoms with E-state index in [0.717, 1.165) is 0 Å². The number of ether oxygens (including phenoxy) is 1. The zero-order valence-corrected chi connectivity index (χ0v) is 9.29. The Kier molecular flexibility index (Phi) is 4.10. The van der Waals surface area contributed by atoms with Crippen LogP contribution in [0.3, 0.4) is 0 Å². The summed E-state index contributed by atoms with van der Waals surface area (Å²) in [4.78, 5) is 11.3. The van der Waals surface area contributed by atoms with Crippen LogP contribution in [0.1, 0.15) is 13.8 Å². The van der Waals surface area contributed by atoms with Gasteiger partial charge in [-0.15, -0.1) is 0 Å². The molecule has 1 unspecified atom stereocenters. The van der Waals surface area contributed by atoms with Crippen LogP contribution in [0.2, 0.25) is 0 Å². The smallest absolute Gasteiger partial charge is 0.328 e. The molecule has 3 N–H and O–H groups in total. The average molecular weight is 226 g/mol. The van der Waals surface area contributed by atoms with Crippen LogP contribution in [0.5, 0.6) is 0 Å². The topological polar surface area (TPSA) is 64.3 Å². The van der Waals surface area contributed by atoms with E-state index in [1.54, 1.807) is 13.8 Å². The average Bonchev–Trinajstić information content (AvgIpc) is 2.23. The number of hydrogen-bond donors (Lipinski definition) is 2. The van der Waals surface area contributed by atoms with Gasteiger partial charge in [0, 0.05) is 0 Å². The van der Waals surface area contributed by atoms with E-state index in [0.29, 0.717) is 18.0 Å². The zero-order chi connectivity index (χ0) is 12.1. The molecule has 1 aromatic rings. The minimum Gasteiger partial charge on any atom is -0.464 e. The highest BCUT2D eigenvalue weighted by Crippen LogP contribution is 2.20. The summed E-state index contributed by atoms with van der Waals surface area (Å²) in [5, 5.41) is 2.80. The lowest BCUT2D eigenvalue weighted by molar-refractivity contribution is -0.143. The standard InChI is InChI=1S/C11H15FN2O2/c1-3-16-11(15)7(2)14-10-6-8(12)4-5-9(10)13/h4-7,14H,3,13H2,1-2H3. The van der Waals surface area contributed by atoms with E-state index < -0.39 is 17.8 Å². The summed E-state index contributed by atoms with van der Waals surface area (Å²) in [5.41, 5.74) is 6.41. The van der Waals surface area contributed by atoms with Crippen molar-refractivity contribution in [3.8, 4) is 0 Å². The number of carbonyl (C=O) groups excluding carboxylic acids is 1. The van der Waals surface area contributed by atoms with Crippen LogP contribution in [0.15, 0.2) is 18.2 Å². The van der Waals surface area contributed by atoms with Gasteiger partial charge in [0.2, 0.25) is 0 Å². The highest BCUT2D eigenvalue weighted by Gasteiger charge is 2.14. The Bertz CT molecular complexity index is 382. The Morgan fingerprint density at radius 2 is 2.31 bits per heavy atom. The second kappa shape index (κ2) is 5.34. The molecule has 0 aliphatic carbocycles. The summed E-state index contributed by atoms with van der Waals surface area (Å²) in [7, 11) is 0. The maximum Gasteiger partial charge on any atom is 0.328 e. The van der Waals surface area contributed by atoms with Gasteiger partial charge < -0.3 is 15.8 Å². The molecule has 1 rings (SSSR count). The van der Waals surface area contributed by atoms with Crippen LogP contribution >= 0.6 is 0 Å². The number of nitrogens with two attached hydrogens (primary N) is 1. The second-order valence-electron chi connectivity index (χ2n) is 3.35. The number of carbonyl (C=O) groups is 1. The molecule has 0 aromatic heterocycles. The molecule has 0 aliphatic rings. The first-order valence-electron chi connectivity index (χ1n) is 5.02. The highest BCUT2D eigenvalue weighted by molar-refractivity contribution is 5.80. The van der Waals surface area contributed by atoms with Crippen molar-refractivity contribution in [1.29, 1.82) is 0 Å². The van der Waals surface area contributed by atoms with Gasteiger partial charge in [0.15, 0.2) is 0 Å². The van der Waals surface area contributed by atoms with Crippen LogP contribution in [0.25, 0.3) is 0 Å². The third-order valence-corrected chi connectivity index (χ3v) is 2.03. The SMILES string of the molecule is CCOC(=O)C(C)Nc1cc(F)ccc1N. The predicted molar refractivity (Wildman–Crippen MR) is 60.5 cm³/mol. The first kappa shape index (κ1) is 12.3. The van der Waals surface area contributed by atoms with Gasteiger partial charge in [0.05, 0.1) is 18.0 Å². The molecule has 0 amide bonds. The van der Waals surface area contributed by atoms with Crippen molar-refractivity contribution in [2.75, 3.05) is 17.7 Å². The van der Waals surface area contributed by atoms with E-state index in [-0.39, 0.29) is 0 Å². The first-order valence-corrected chi connectivity index (χ1v) is 5.02. The number of benzene rings is 1. The molecule has 1 aromatic carbocycles. The van der Waals surface area contributed by atoms with Crippen molar-refractivity contribution in [1.82, 2.24) is 0 Å². The van der Waals surface area contributed by atoms with Gasteiger partial charge in [-0.05, 0) is 32.0 Å². The molecule has 0 saturated carbocycles. The number of anilines is 2. The molecule has 0 saturated heterocycles. The fourth-order valence-corrected chi connectivity index (χ4v) is 1.21. The summed E-state index contributed by atoms with van der Waals surface area (Å²) < 4.78 is 17.7. The van der Waals surface area contributed by atoms with Crippen molar-refractivity contribution in [2.24, 2.45) is 0 Å². The van der Waals surface area contributed by atoms with Gasteiger partial charge in [-0.3, -0.25) is 0 Å². The summed E-state index contributed by atoms with van der Waals surface area (Å²) in [5.74, 6) is -0.807. The molecule has 0 aliphatic heterocycles. The van der Waals surface area contributed by atoms with E-state index in [4.69, 9.17) is 10.5 Å². The lowest BCUT2D eigenvalue weighted by Crippen LogP contribution is -2.28. The molecule has 0 radical (unpaired) electrons. The molecule has 0 spiro atoms. The number of esters is 1. The minimum atomic E-state index is -0.566. The lowest BCUT2D eigenvalue weighted by atomic mass is 10.2. The van der Waals surface area contributed by atoms with Gasteiger partial charge in [-0.1, -0.05) is 0 Å². The van der Waals surface area contributed by atoms with E-state index in [2.05, 4.69) is 5.32 Å². The fraction of sp³-hybridized carbons (Fsp3) is 0.364. The van der Waals surface area contributed by atoms with Crippen LogP contribution in [0.4, 0.5) is 15.8 Å². The second-order valence-corrected chi connectivity index (χ2v) is 3.35. The Labute approximate surface area is 93.6 Å². The minimum absolute atomic E-state index is 0.309. The molecule has 5 heteroatoms. The maximum atomic E-state index is 12.9. The van der Waals surface area contributed by atoms with E-state index in [1.807, 2.05) is 0 Å². The number of halogens is 1. The molecule has 0 fully saturated rings. The molecular weight excluding hydrogens is 211 g/mol. The quantitative estimate of drug-likeness (QED) is 0.606. The van der Waals surface area contributed by atoms with Gasteiger partial charge in [0.25, 0.3) is 0 Å². The zero-order valence-electron chi connectivity index (χ0n) is 9.29. The van der Waals surface area contributed by atoms with Gasteiger partial charge >= 0.3 is 5.97 Å². The van der Waals surface area contributed by atoms with Crippen LogP contribution in [-0.4, -0.2) is 18.6 Å². The largest absolute Gasteiger partial charge is 0.464 e. The van der Waals surface area contributed by atoms with Crippen LogP contribution in [0, 0.1) is 5.82 Å². The molecule has 1 atom stereocenters. The van der Waals surface area contributed by atoms with Crippen LogP contribution in [-0.2, 0) is 9.53 Å². The number of rotatable bonds is 4. The summed E-state index contributed by atoms with van der Waals surface area (Å²) in [6.45, 7) is 3.66. The van der Waals surface area contributed by atoms with Gasteiger partial charge in [-0.2, -0.15) is 0 Å². The third kappa shape index (κ3) is 3.12. The van der Waals surface area contributed by atoms with Crippen molar-refractivity contribution >= 4 is 17.3 Å². The lowest BCUT2D eigenvalue weighted by Gasteiger charge is -2.15. The van der Waals surface area contributed by atoms with Crippen molar-refractivity contribution in [3.63, 3.8) is 0 Å². The normalized spacial score (nSPS) is 11.9. The van der Waals surface area contributed by atoms with E-state index in [9.17, 15) is 9.18 Å². The summed E-state index contributed by atoms with van der Waals surface area (Å²) in [6.07, 6.45) is 0. The Morgan fingerprint density at radius 1 is 1.62 bits per heavy atom. The molecular formula is C11H15FN2O2. The fourth-order valence-electron chi connectivity index (χ4n) is 1.21.